The maximum Gasteiger partial charge on any atom is 0.156 e. The Labute approximate surface area is 115 Å². The summed E-state index contributed by atoms with van der Waals surface area (Å²) in [6, 6.07) is 1.68. The van der Waals surface area contributed by atoms with Crippen LogP contribution in [0.1, 0.15) is 32.4 Å². The van der Waals surface area contributed by atoms with Gasteiger partial charge in [-0.3, -0.25) is 0 Å². The predicted octanol–water partition coefficient (Wildman–Crippen LogP) is 3.92. The first-order valence-corrected chi connectivity index (χ1v) is 6.73. The fourth-order valence-corrected chi connectivity index (χ4v) is 2.50. The Hall–Kier alpha value is -0.450. The van der Waals surface area contributed by atoms with Crippen molar-refractivity contribution < 1.29 is 9.47 Å². The summed E-state index contributed by atoms with van der Waals surface area (Å²) in [6.07, 6.45) is 0. The average Bonchev–Trinajstić information content (AvgIpc) is 2.27. The van der Waals surface area contributed by atoms with Crippen molar-refractivity contribution >= 4 is 27.5 Å². The van der Waals surface area contributed by atoms with Gasteiger partial charge in [-0.15, -0.1) is 0 Å². The highest BCUT2D eigenvalue weighted by Crippen LogP contribution is 2.44. The van der Waals surface area contributed by atoms with Gasteiger partial charge < -0.3 is 15.2 Å². The third-order valence-electron chi connectivity index (χ3n) is 2.23. The number of hydrogen-bond donors (Lipinski definition) is 1. The Morgan fingerprint density at radius 3 is 2.41 bits per heavy atom. The van der Waals surface area contributed by atoms with E-state index in [4.69, 9.17) is 26.8 Å². The molecule has 0 aliphatic heterocycles. The number of nitrogens with two attached hydrogens (primary N) is 1. The van der Waals surface area contributed by atoms with Gasteiger partial charge in [-0.2, -0.15) is 0 Å². The van der Waals surface area contributed by atoms with Crippen LogP contribution in [0, 0.1) is 0 Å². The van der Waals surface area contributed by atoms with Crippen molar-refractivity contribution in [3.63, 3.8) is 0 Å². The van der Waals surface area contributed by atoms with Crippen LogP contribution in [0.25, 0.3) is 0 Å². The fraction of sp³-hybridized carbons (Fsp3) is 0.500. The standard InChI is InChI=1S/C12H17BrClNO2/c1-4-16-9-6-8(7(3)15)11(14)12(10(9)13)17-5-2/h6-7H,4-5,15H2,1-3H3/t7-/m1/s1. The Bertz CT molecular complexity index is 397. The van der Waals surface area contributed by atoms with Crippen molar-refractivity contribution in [2.24, 2.45) is 5.73 Å². The highest BCUT2D eigenvalue weighted by molar-refractivity contribution is 9.10. The van der Waals surface area contributed by atoms with Crippen LogP contribution in [0.15, 0.2) is 10.5 Å². The lowest BCUT2D eigenvalue weighted by Gasteiger charge is -2.17. The molecule has 1 rings (SSSR count). The molecule has 0 aliphatic carbocycles. The molecule has 3 nitrogen and oxygen atoms in total. The molecule has 5 heteroatoms. The number of benzene rings is 1. The molecular weight excluding hydrogens is 305 g/mol. The molecule has 1 aromatic carbocycles. The molecule has 96 valence electrons. The first kappa shape index (κ1) is 14.6. The third-order valence-corrected chi connectivity index (χ3v) is 3.37. The van der Waals surface area contributed by atoms with Crippen molar-refractivity contribution in [3.8, 4) is 11.5 Å². The molecule has 2 N–H and O–H groups in total. The van der Waals surface area contributed by atoms with E-state index < -0.39 is 0 Å². The maximum atomic E-state index is 6.27. The summed E-state index contributed by atoms with van der Waals surface area (Å²) < 4.78 is 11.8. The molecule has 0 unspecified atom stereocenters. The van der Waals surface area contributed by atoms with Crippen LogP contribution < -0.4 is 15.2 Å². The van der Waals surface area contributed by atoms with E-state index in [1.807, 2.05) is 26.8 Å². The number of hydrogen-bond acceptors (Lipinski definition) is 3. The quantitative estimate of drug-likeness (QED) is 0.893. The molecule has 1 aromatic rings. The zero-order valence-corrected chi connectivity index (χ0v) is 12.6. The maximum absolute atomic E-state index is 6.27. The van der Waals surface area contributed by atoms with Gasteiger partial charge in [0.15, 0.2) is 5.75 Å². The Balaban J connectivity index is 3.34. The van der Waals surface area contributed by atoms with Gasteiger partial charge in [0, 0.05) is 6.04 Å². The number of ether oxygens (including phenoxy) is 2. The highest BCUT2D eigenvalue weighted by atomic mass is 79.9. The predicted molar refractivity (Wildman–Crippen MR) is 74.1 cm³/mol. The fourth-order valence-electron chi connectivity index (χ4n) is 1.47. The van der Waals surface area contributed by atoms with E-state index >= 15 is 0 Å². The lowest BCUT2D eigenvalue weighted by atomic mass is 10.1. The largest absolute Gasteiger partial charge is 0.493 e. The van der Waals surface area contributed by atoms with Crippen LogP contribution in [0.4, 0.5) is 0 Å². The Morgan fingerprint density at radius 2 is 1.94 bits per heavy atom. The van der Waals surface area contributed by atoms with Crippen molar-refractivity contribution in [1.29, 1.82) is 0 Å². The molecule has 0 aliphatic rings. The molecule has 17 heavy (non-hydrogen) atoms. The molecule has 0 fully saturated rings. The minimum Gasteiger partial charge on any atom is -0.493 e. The normalized spacial score (nSPS) is 12.4. The first-order chi connectivity index (χ1) is 8.02. The number of rotatable bonds is 5. The van der Waals surface area contributed by atoms with Gasteiger partial charge in [0.2, 0.25) is 0 Å². The first-order valence-electron chi connectivity index (χ1n) is 5.55. The summed E-state index contributed by atoms with van der Waals surface area (Å²) in [5.74, 6) is 1.29. The zero-order chi connectivity index (χ0) is 13.0. The molecule has 1 atom stereocenters. The lowest BCUT2D eigenvalue weighted by Crippen LogP contribution is -2.08. The van der Waals surface area contributed by atoms with E-state index in [1.165, 1.54) is 0 Å². The highest BCUT2D eigenvalue weighted by Gasteiger charge is 2.19. The lowest BCUT2D eigenvalue weighted by molar-refractivity contribution is 0.318. The van der Waals surface area contributed by atoms with Crippen molar-refractivity contribution in [2.75, 3.05) is 13.2 Å². The van der Waals surface area contributed by atoms with E-state index in [0.717, 1.165) is 10.0 Å². The van der Waals surface area contributed by atoms with E-state index in [0.29, 0.717) is 29.7 Å². The van der Waals surface area contributed by atoms with E-state index in [2.05, 4.69) is 15.9 Å². The smallest absolute Gasteiger partial charge is 0.156 e. The zero-order valence-electron chi connectivity index (χ0n) is 10.2. The van der Waals surface area contributed by atoms with Gasteiger partial charge in [-0.25, -0.2) is 0 Å². The molecule has 0 spiro atoms. The van der Waals surface area contributed by atoms with Crippen LogP contribution >= 0.6 is 27.5 Å². The second-order valence-electron chi connectivity index (χ2n) is 3.58. The van der Waals surface area contributed by atoms with Crippen LogP contribution in [0.2, 0.25) is 5.02 Å². The molecule has 0 saturated heterocycles. The third kappa shape index (κ3) is 3.27. The summed E-state index contributed by atoms with van der Waals surface area (Å²) in [5.41, 5.74) is 6.70. The number of halogens is 2. The Morgan fingerprint density at radius 1 is 1.35 bits per heavy atom. The van der Waals surface area contributed by atoms with Gasteiger partial charge in [0.1, 0.15) is 10.2 Å². The monoisotopic (exact) mass is 321 g/mol. The molecular formula is C12H17BrClNO2. The molecule has 0 heterocycles. The summed E-state index contributed by atoms with van der Waals surface area (Å²) in [4.78, 5) is 0. The van der Waals surface area contributed by atoms with Crippen molar-refractivity contribution in [2.45, 2.75) is 26.8 Å². The minimum atomic E-state index is -0.172. The second-order valence-corrected chi connectivity index (χ2v) is 4.75. The van der Waals surface area contributed by atoms with Gasteiger partial charge in [0.25, 0.3) is 0 Å². The summed E-state index contributed by atoms with van der Waals surface area (Å²) in [5, 5.41) is 0.539. The molecule has 0 amide bonds. The van der Waals surface area contributed by atoms with Crippen molar-refractivity contribution in [3.05, 3.63) is 21.1 Å². The summed E-state index contributed by atoms with van der Waals surface area (Å²) >= 11 is 9.71. The molecule has 0 aromatic heterocycles. The minimum absolute atomic E-state index is 0.172. The molecule has 0 bridgehead atoms. The van der Waals surface area contributed by atoms with Crippen LogP contribution in [-0.4, -0.2) is 13.2 Å². The topological polar surface area (TPSA) is 44.5 Å². The van der Waals surface area contributed by atoms with Crippen LogP contribution in [0.5, 0.6) is 11.5 Å². The van der Waals surface area contributed by atoms with Gasteiger partial charge in [-0.1, -0.05) is 11.6 Å². The average molecular weight is 323 g/mol. The van der Waals surface area contributed by atoms with Crippen LogP contribution in [-0.2, 0) is 0 Å². The SMILES string of the molecule is CCOc1cc([C@@H](C)N)c(Cl)c(OCC)c1Br. The molecule has 0 radical (unpaired) electrons. The van der Waals surface area contributed by atoms with E-state index in [9.17, 15) is 0 Å². The van der Waals surface area contributed by atoms with Crippen molar-refractivity contribution in [1.82, 2.24) is 0 Å². The summed E-state index contributed by atoms with van der Waals surface area (Å²) in [7, 11) is 0. The summed E-state index contributed by atoms with van der Waals surface area (Å²) in [6.45, 7) is 6.81. The van der Waals surface area contributed by atoms with Gasteiger partial charge in [-0.05, 0) is 48.3 Å². The van der Waals surface area contributed by atoms with Gasteiger partial charge >= 0.3 is 0 Å². The van der Waals surface area contributed by atoms with Gasteiger partial charge in [0.05, 0.1) is 18.2 Å². The van der Waals surface area contributed by atoms with E-state index in [1.54, 1.807) is 0 Å². The van der Waals surface area contributed by atoms with E-state index in [-0.39, 0.29) is 6.04 Å². The van der Waals surface area contributed by atoms with Crippen LogP contribution in [0.3, 0.4) is 0 Å². The Kier molecular flexibility index (Phi) is 5.56. The molecule has 0 saturated carbocycles. The second kappa shape index (κ2) is 6.47.